The van der Waals surface area contributed by atoms with E-state index in [1.165, 1.54) is 0 Å². The third-order valence-electron chi connectivity index (χ3n) is 4.70. The summed E-state index contributed by atoms with van der Waals surface area (Å²) in [7, 11) is 0. The fourth-order valence-corrected chi connectivity index (χ4v) is 3.52. The van der Waals surface area contributed by atoms with Crippen LogP contribution < -0.4 is 0 Å². The van der Waals surface area contributed by atoms with E-state index in [2.05, 4.69) is 0 Å². The normalized spacial score (nSPS) is 52.8. The largest absolute Gasteiger partial charge is 0.396 e. The van der Waals surface area contributed by atoms with Gasteiger partial charge in [0.05, 0.1) is 18.8 Å². The average Bonchev–Trinajstić information content (AvgIpc) is 2.41. The van der Waals surface area contributed by atoms with E-state index >= 15 is 0 Å². The number of aliphatic hydroxyl groups excluding tert-OH is 3. The molecular formula is C10H18O3. The van der Waals surface area contributed by atoms with Crippen LogP contribution in [0.3, 0.4) is 0 Å². The number of rotatable bonds is 1. The molecule has 0 amide bonds. The Labute approximate surface area is 78.4 Å². The average molecular weight is 186 g/mol. The predicted octanol–water partition coefficient (Wildman–Crippen LogP) is 0.137. The summed E-state index contributed by atoms with van der Waals surface area (Å²) in [6.07, 6.45) is 0.368. The Kier molecular flexibility index (Phi) is 1.79. The molecule has 3 N–H and O–H groups in total. The minimum Gasteiger partial charge on any atom is -0.396 e. The summed E-state index contributed by atoms with van der Waals surface area (Å²) in [4.78, 5) is 0. The molecule has 0 aromatic rings. The van der Waals surface area contributed by atoms with Gasteiger partial charge < -0.3 is 15.3 Å². The van der Waals surface area contributed by atoms with Crippen molar-refractivity contribution < 1.29 is 15.3 Å². The molecule has 0 radical (unpaired) electrons. The fourth-order valence-electron chi connectivity index (χ4n) is 3.52. The minimum atomic E-state index is -0.744. The monoisotopic (exact) mass is 186 g/mol. The van der Waals surface area contributed by atoms with Crippen LogP contribution in [0.25, 0.3) is 0 Å². The number of aliphatic hydroxyl groups is 3. The van der Waals surface area contributed by atoms with Gasteiger partial charge in [0.25, 0.3) is 0 Å². The number of fused-ring (bicyclic) bond motifs is 2. The molecule has 2 saturated carbocycles. The van der Waals surface area contributed by atoms with Gasteiger partial charge in [0.2, 0.25) is 0 Å². The van der Waals surface area contributed by atoms with Gasteiger partial charge in [-0.15, -0.1) is 0 Å². The van der Waals surface area contributed by atoms with Crippen molar-refractivity contribution in [3.63, 3.8) is 0 Å². The molecule has 0 heterocycles. The quantitative estimate of drug-likeness (QED) is 0.546. The van der Waals surface area contributed by atoms with Crippen molar-refractivity contribution in [2.45, 2.75) is 38.9 Å². The molecule has 2 aliphatic rings. The number of hydrogen-bond acceptors (Lipinski definition) is 3. The summed E-state index contributed by atoms with van der Waals surface area (Å²) in [5.74, 6) is 0.148. The maximum absolute atomic E-state index is 9.86. The smallest absolute Gasteiger partial charge is 0.0885 e. The van der Waals surface area contributed by atoms with Crippen LogP contribution >= 0.6 is 0 Å². The van der Waals surface area contributed by atoms with E-state index in [1.807, 2.05) is 13.8 Å². The zero-order valence-corrected chi connectivity index (χ0v) is 8.20. The second-order valence-corrected chi connectivity index (χ2v) is 5.12. The molecule has 2 bridgehead atoms. The lowest BCUT2D eigenvalue weighted by molar-refractivity contribution is -0.0822. The third-order valence-corrected chi connectivity index (χ3v) is 4.70. The highest BCUT2D eigenvalue weighted by molar-refractivity contribution is 5.16. The number of hydrogen-bond donors (Lipinski definition) is 3. The Morgan fingerprint density at radius 1 is 1.31 bits per heavy atom. The molecule has 0 saturated heterocycles. The molecule has 0 aromatic heterocycles. The van der Waals surface area contributed by atoms with Crippen molar-refractivity contribution in [1.82, 2.24) is 0 Å². The van der Waals surface area contributed by atoms with E-state index < -0.39 is 17.6 Å². The highest BCUT2D eigenvalue weighted by atomic mass is 16.3. The molecule has 0 aliphatic heterocycles. The lowest BCUT2D eigenvalue weighted by Crippen LogP contribution is -2.44. The Morgan fingerprint density at radius 2 is 1.92 bits per heavy atom. The lowest BCUT2D eigenvalue weighted by Gasteiger charge is -2.38. The summed E-state index contributed by atoms with van der Waals surface area (Å²) in [5.41, 5.74) is -0.600. The Morgan fingerprint density at radius 3 is 2.23 bits per heavy atom. The van der Waals surface area contributed by atoms with E-state index in [0.29, 0.717) is 0 Å². The first-order chi connectivity index (χ1) is 5.97. The zero-order chi connectivity index (χ0) is 9.85. The molecule has 0 unspecified atom stereocenters. The topological polar surface area (TPSA) is 60.7 Å². The van der Waals surface area contributed by atoms with Crippen LogP contribution in [0.5, 0.6) is 0 Å². The Bertz CT molecular complexity index is 226. The van der Waals surface area contributed by atoms with Gasteiger partial charge in [-0.25, -0.2) is 0 Å². The van der Waals surface area contributed by atoms with Crippen LogP contribution in [0.2, 0.25) is 0 Å². The Hall–Kier alpha value is -0.120. The van der Waals surface area contributed by atoms with Crippen LogP contribution in [0, 0.1) is 16.7 Å². The van der Waals surface area contributed by atoms with Gasteiger partial charge in [0.1, 0.15) is 0 Å². The molecule has 3 heteroatoms. The van der Waals surface area contributed by atoms with Crippen molar-refractivity contribution in [3.8, 4) is 0 Å². The summed E-state index contributed by atoms with van der Waals surface area (Å²) < 4.78 is 0. The Balaban J connectivity index is 2.44. The standard InChI is InChI=1S/C10H18O3/c1-9(2)6-3-4-10(9,5-11)8(13)7(6)12/h6-8,11-13H,3-5H2,1-2H3/t6-,7-,8-,10-/m1/s1. The van der Waals surface area contributed by atoms with Gasteiger partial charge in [-0.3, -0.25) is 0 Å². The van der Waals surface area contributed by atoms with E-state index in [-0.39, 0.29) is 17.9 Å². The summed E-state index contributed by atoms with van der Waals surface area (Å²) in [6, 6.07) is 0. The van der Waals surface area contributed by atoms with E-state index in [9.17, 15) is 15.3 Å². The second kappa shape index (κ2) is 2.47. The zero-order valence-electron chi connectivity index (χ0n) is 8.20. The van der Waals surface area contributed by atoms with E-state index in [1.54, 1.807) is 0 Å². The van der Waals surface area contributed by atoms with Gasteiger partial charge in [0, 0.05) is 5.41 Å². The van der Waals surface area contributed by atoms with Crippen molar-refractivity contribution in [1.29, 1.82) is 0 Å². The molecule has 2 aliphatic carbocycles. The van der Waals surface area contributed by atoms with Crippen molar-refractivity contribution in [2.24, 2.45) is 16.7 Å². The second-order valence-electron chi connectivity index (χ2n) is 5.12. The molecule has 2 rings (SSSR count). The summed E-state index contributed by atoms with van der Waals surface area (Å²) in [5, 5.41) is 29.0. The molecule has 0 aromatic carbocycles. The van der Waals surface area contributed by atoms with Crippen molar-refractivity contribution in [3.05, 3.63) is 0 Å². The molecule has 4 atom stereocenters. The van der Waals surface area contributed by atoms with Crippen LogP contribution in [0.15, 0.2) is 0 Å². The van der Waals surface area contributed by atoms with Gasteiger partial charge in [0.15, 0.2) is 0 Å². The molecule has 13 heavy (non-hydrogen) atoms. The third kappa shape index (κ3) is 0.808. The SMILES string of the molecule is CC1(C)[C@@H]2CC[C@@]1(CO)[C@H](O)[C@@H]2O. The lowest BCUT2D eigenvalue weighted by atomic mass is 9.69. The van der Waals surface area contributed by atoms with E-state index in [0.717, 1.165) is 12.8 Å². The van der Waals surface area contributed by atoms with E-state index in [4.69, 9.17) is 0 Å². The van der Waals surface area contributed by atoms with Gasteiger partial charge in [-0.05, 0) is 24.2 Å². The molecule has 0 spiro atoms. The molecule has 3 nitrogen and oxygen atoms in total. The van der Waals surface area contributed by atoms with Crippen LogP contribution in [-0.2, 0) is 0 Å². The molecule has 2 fully saturated rings. The maximum atomic E-state index is 9.86. The van der Waals surface area contributed by atoms with Gasteiger partial charge in [-0.2, -0.15) is 0 Å². The van der Waals surface area contributed by atoms with Crippen molar-refractivity contribution >= 4 is 0 Å². The maximum Gasteiger partial charge on any atom is 0.0885 e. The first kappa shape index (κ1) is 9.44. The minimum absolute atomic E-state index is 0.0191. The van der Waals surface area contributed by atoms with Crippen LogP contribution in [0.1, 0.15) is 26.7 Å². The predicted molar refractivity (Wildman–Crippen MR) is 48.0 cm³/mol. The first-order valence-corrected chi connectivity index (χ1v) is 4.94. The van der Waals surface area contributed by atoms with Gasteiger partial charge >= 0.3 is 0 Å². The summed E-state index contributed by atoms with van der Waals surface area (Å²) in [6.45, 7) is 4.06. The summed E-state index contributed by atoms with van der Waals surface area (Å²) >= 11 is 0. The highest BCUT2D eigenvalue weighted by Gasteiger charge is 2.67. The van der Waals surface area contributed by atoms with Crippen LogP contribution in [-0.4, -0.2) is 34.1 Å². The molecule has 76 valence electrons. The fraction of sp³-hybridized carbons (Fsp3) is 1.00. The van der Waals surface area contributed by atoms with Gasteiger partial charge in [-0.1, -0.05) is 13.8 Å². The van der Waals surface area contributed by atoms with Crippen molar-refractivity contribution in [2.75, 3.05) is 6.61 Å². The highest BCUT2D eigenvalue weighted by Crippen LogP contribution is 2.65. The van der Waals surface area contributed by atoms with Crippen LogP contribution in [0.4, 0.5) is 0 Å². The molecular weight excluding hydrogens is 168 g/mol. The first-order valence-electron chi connectivity index (χ1n) is 4.94.